The monoisotopic (exact) mass is 347 g/mol. The van der Waals surface area contributed by atoms with Gasteiger partial charge in [0.2, 0.25) is 0 Å². The Hall–Kier alpha value is -1.06. The fraction of sp³-hybridized carbons (Fsp3) is 0.294. The van der Waals surface area contributed by atoms with E-state index in [0.717, 1.165) is 16.7 Å². The van der Waals surface area contributed by atoms with Gasteiger partial charge in [0.25, 0.3) is 0 Å². The SMILES string of the molecule is Cc1cc(Br)cc(NCc2ccc([Si](C)(C)C)cc2)c1. The van der Waals surface area contributed by atoms with Crippen LogP contribution in [0.5, 0.6) is 0 Å². The molecule has 0 saturated heterocycles. The normalized spacial score (nSPS) is 11.4. The quantitative estimate of drug-likeness (QED) is 0.774. The van der Waals surface area contributed by atoms with Crippen molar-refractivity contribution in [3.8, 4) is 0 Å². The van der Waals surface area contributed by atoms with E-state index in [1.165, 1.54) is 16.3 Å². The highest BCUT2D eigenvalue weighted by atomic mass is 79.9. The van der Waals surface area contributed by atoms with Crippen molar-refractivity contribution in [2.24, 2.45) is 0 Å². The number of hydrogen-bond acceptors (Lipinski definition) is 1. The molecule has 0 aliphatic carbocycles. The van der Waals surface area contributed by atoms with Crippen LogP contribution in [0.2, 0.25) is 19.6 Å². The summed E-state index contributed by atoms with van der Waals surface area (Å²) in [5, 5.41) is 5.00. The molecule has 0 radical (unpaired) electrons. The lowest BCUT2D eigenvalue weighted by Crippen LogP contribution is -2.37. The summed E-state index contributed by atoms with van der Waals surface area (Å²) in [5.41, 5.74) is 3.74. The van der Waals surface area contributed by atoms with Crippen LogP contribution in [0.4, 0.5) is 5.69 Å². The van der Waals surface area contributed by atoms with E-state index in [1.807, 2.05) is 0 Å². The maximum atomic E-state index is 3.54. The number of rotatable bonds is 4. The Morgan fingerprint density at radius 1 is 1.00 bits per heavy atom. The minimum atomic E-state index is -1.18. The van der Waals surface area contributed by atoms with Crippen molar-refractivity contribution in [1.29, 1.82) is 0 Å². The first kappa shape index (κ1) is 15.3. The lowest BCUT2D eigenvalue weighted by Gasteiger charge is -2.17. The van der Waals surface area contributed by atoms with Crippen molar-refractivity contribution in [2.45, 2.75) is 33.1 Å². The third-order valence-corrected chi connectivity index (χ3v) is 5.88. The molecule has 0 bridgehead atoms. The van der Waals surface area contributed by atoms with Gasteiger partial charge < -0.3 is 5.32 Å². The minimum absolute atomic E-state index is 0.863. The second-order valence-corrected chi connectivity index (χ2v) is 12.3. The summed E-state index contributed by atoms with van der Waals surface area (Å²) in [5.74, 6) is 0. The molecule has 20 heavy (non-hydrogen) atoms. The van der Waals surface area contributed by atoms with Crippen LogP contribution in [-0.4, -0.2) is 8.07 Å². The van der Waals surface area contributed by atoms with Gasteiger partial charge in [0.15, 0.2) is 0 Å². The maximum absolute atomic E-state index is 3.54. The molecule has 0 aliphatic heterocycles. The van der Waals surface area contributed by atoms with Crippen molar-refractivity contribution < 1.29 is 0 Å². The molecule has 0 saturated carbocycles. The number of benzene rings is 2. The molecule has 2 aromatic rings. The smallest absolute Gasteiger partial charge is 0.0775 e. The Labute approximate surface area is 131 Å². The molecule has 106 valence electrons. The molecule has 3 heteroatoms. The molecule has 1 N–H and O–H groups in total. The number of halogens is 1. The van der Waals surface area contributed by atoms with E-state index in [1.54, 1.807) is 0 Å². The Morgan fingerprint density at radius 2 is 1.65 bits per heavy atom. The summed E-state index contributed by atoms with van der Waals surface area (Å²) in [7, 11) is -1.18. The number of hydrogen-bond donors (Lipinski definition) is 1. The van der Waals surface area contributed by atoms with Crippen LogP contribution in [0.3, 0.4) is 0 Å². The van der Waals surface area contributed by atoms with Gasteiger partial charge in [0.1, 0.15) is 0 Å². The minimum Gasteiger partial charge on any atom is -0.381 e. The van der Waals surface area contributed by atoms with Gasteiger partial charge in [-0.2, -0.15) is 0 Å². The van der Waals surface area contributed by atoms with Crippen LogP contribution in [0, 0.1) is 6.92 Å². The summed E-state index contributed by atoms with van der Waals surface area (Å²) in [6, 6.07) is 15.5. The van der Waals surface area contributed by atoms with E-state index in [2.05, 4.69) is 90.3 Å². The summed E-state index contributed by atoms with van der Waals surface area (Å²) in [6.45, 7) is 10.1. The number of nitrogens with one attached hydrogen (secondary N) is 1. The Bertz CT molecular complexity index is 565. The second-order valence-electron chi connectivity index (χ2n) is 6.32. The molecule has 0 aliphatic rings. The fourth-order valence-electron chi connectivity index (χ4n) is 2.17. The van der Waals surface area contributed by atoms with Gasteiger partial charge in [-0.05, 0) is 36.2 Å². The van der Waals surface area contributed by atoms with Gasteiger partial charge in [0.05, 0.1) is 8.07 Å². The zero-order valence-corrected chi connectivity index (χ0v) is 15.2. The number of aryl methyl sites for hydroxylation is 1. The van der Waals surface area contributed by atoms with Gasteiger partial charge in [-0.1, -0.05) is 65.0 Å². The predicted octanol–water partition coefficient (Wildman–Crippen LogP) is 4.91. The zero-order valence-electron chi connectivity index (χ0n) is 12.6. The molecule has 0 aromatic heterocycles. The number of anilines is 1. The molecule has 0 amide bonds. The topological polar surface area (TPSA) is 12.0 Å². The van der Waals surface area contributed by atoms with E-state index in [4.69, 9.17) is 0 Å². The first-order chi connectivity index (χ1) is 9.34. The van der Waals surface area contributed by atoms with Crippen LogP contribution >= 0.6 is 15.9 Å². The summed E-state index contributed by atoms with van der Waals surface area (Å²) >= 11 is 3.54. The van der Waals surface area contributed by atoms with Crippen LogP contribution in [0.1, 0.15) is 11.1 Å². The molecule has 1 nitrogen and oxygen atoms in total. The summed E-state index contributed by atoms with van der Waals surface area (Å²) in [6.07, 6.45) is 0. The first-order valence-corrected chi connectivity index (χ1v) is 11.2. The highest BCUT2D eigenvalue weighted by Crippen LogP contribution is 2.19. The highest BCUT2D eigenvalue weighted by Gasteiger charge is 2.15. The van der Waals surface area contributed by atoms with Gasteiger partial charge in [-0.3, -0.25) is 0 Å². The molecule has 0 spiro atoms. The average Bonchev–Trinajstić information content (AvgIpc) is 2.35. The van der Waals surface area contributed by atoms with E-state index in [0.29, 0.717) is 0 Å². The van der Waals surface area contributed by atoms with Crippen molar-refractivity contribution in [2.75, 3.05) is 5.32 Å². The van der Waals surface area contributed by atoms with Crippen molar-refractivity contribution in [3.05, 3.63) is 58.1 Å². The molecule has 0 unspecified atom stereocenters. The van der Waals surface area contributed by atoms with Gasteiger partial charge in [0, 0.05) is 16.7 Å². The first-order valence-electron chi connectivity index (χ1n) is 6.95. The van der Waals surface area contributed by atoms with E-state index < -0.39 is 8.07 Å². The fourth-order valence-corrected chi connectivity index (χ4v) is 3.94. The van der Waals surface area contributed by atoms with Gasteiger partial charge >= 0.3 is 0 Å². The van der Waals surface area contributed by atoms with Gasteiger partial charge in [-0.15, -0.1) is 0 Å². The average molecular weight is 348 g/mol. The van der Waals surface area contributed by atoms with E-state index in [9.17, 15) is 0 Å². The summed E-state index contributed by atoms with van der Waals surface area (Å²) < 4.78 is 1.12. The van der Waals surface area contributed by atoms with E-state index >= 15 is 0 Å². The molecule has 0 heterocycles. The van der Waals surface area contributed by atoms with Crippen molar-refractivity contribution in [1.82, 2.24) is 0 Å². The Balaban J connectivity index is 2.04. The summed E-state index contributed by atoms with van der Waals surface area (Å²) in [4.78, 5) is 0. The predicted molar refractivity (Wildman–Crippen MR) is 95.6 cm³/mol. The lowest BCUT2D eigenvalue weighted by molar-refractivity contribution is 1.15. The molecule has 2 aromatic carbocycles. The largest absolute Gasteiger partial charge is 0.381 e. The third kappa shape index (κ3) is 4.22. The molecule has 0 fully saturated rings. The molecular weight excluding hydrogens is 326 g/mol. The Kier molecular flexibility index (Phi) is 4.71. The zero-order chi connectivity index (χ0) is 14.8. The second kappa shape index (κ2) is 6.14. The Morgan fingerprint density at radius 3 is 2.20 bits per heavy atom. The van der Waals surface area contributed by atoms with E-state index in [-0.39, 0.29) is 0 Å². The third-order valence-electron chi connectivity index (χ3n) is 3.36. The van der Waals surface area contributed by atoms with Crippen LogP contribution in [-0.2, 0) is 6.54 Å². The standard InChI is InChI=1S/C17H22BrNSi/c1-13-9-15(18)11-16(10-13)19-12-14-5-7-17(8-6-14)20(2,3)4/h5-11,19H,12H2,1-4H3. The lowest BCUT2D eigenvalue weighted by atomic mass is 10.2. The van der Waals surface area contributed by atoms with Crippen LogP contribution in [0.15, 0.2) is 46.9 Å². The highest BCUT2D eigenvalue weighted by molar-refractivity contribution is 9.10. The van der Waals surface area contributed by atoms with Crippen molar-refractivity contribution >= 4 is 34.9 Å². The molecule has 0 atom stereocenters. The maximum Gasteiger partial charge on any atom is 0.0775 e. The van der Waals surface area contributed by atoms with Crippen LogP contribution in [0.25, 0.3) is 0 Å². The molecular formula is C17H22BrNSi. The van der Waals surface area contributed by atoms with Gasteiger partial charge in [-0.25, -0.2) is 0 Å². The van der Waals surface area contributed by atoms with Crippen LogP contribution < -0.4 is 10.5 Å². The van der Waals surface area contributed by atoms with Crippen molar-refractivity contribution in [3.63, 3.8) is 0 Å². The molecule has 2 rings (SSSR count).